The molecule has 0 atom stereocenters. The molecule has 0 spiro atoms. The van der Waals surface area contributed by atoms with Gasteiger partial charge in [-0.15, -0.1) is 0 Å². The van der Waals surface area contributed by atoms with E-state index in [4.69, 9.17) is 0 Å². The van der Waals surface area contributed by atoms with Crippen molar-refractivity contribution in [3.63, 3.8) is 0 Å². The van der Waals surface area contributed by atoms with Crippen LogP contribution in [0.1, 0.15) is 0 Å². The molecule has 0 aliphatic carbocycles. The van der Waals surface area contributed by atoms with Crippen molar-refractivity contribution in [2.45, 2.75) is 0 Å². The Hall–Kier alpha value is -1.90. The number of fused-ring (bicyclic) bond motifs is 2. The van der Waals surface area contributed by atoms with Crippen molar-refractivity contribution in [3.05, 3.63) is 36.5 Å². The lowest BCUT2D eigenvalue weighted by Crippen LogP contribution is -1.89. The molecule has 0 fully saturated rings. The van der Waals surface area contributed by atoms with Gasteiger partial charge in [-0.1, -0.05) is 12.1 Å². The minimum atomic E-state index is 0.777. The number of hydrogen-bond acceptors (Lipinski definition) is 2. The zero-order valence-electron chi connectivity index (χ0n) is 6.86. The molecule has 2 aliphatic heterocycles. The van der Waals surface area contributed by atoms with E-state index in [0.717, 1.165) is 22.6 Å². The number of H-pyrrole nitrogens is 1. The van der Waals surface area contributed by atoms with Crippen LogP contribution in [0.5, 0.6) is 0 Å². The zero-order chi connectivity index (χ0) is 8.67. The van der Waals surface area contributed by atoms with Crippen LogP contribution < -0.4 is 0 Å². The maximum absolute atomic E-state index is 4.40. The minimum absolute atomic E-state index is 0.777. The molecular formula is C10H7N3. The topological polar surface area (TPSA) is 41.6 Å². The molecule has 1 aromatic rings. The summed E-state index contributed by atoms with van der Waals surface area (Å²) < 4.78 is 0. The first kappa shape index (κ1) is 6.60. The summed E-state index contributed by atoms with van der Waals surface area (Å²) in [5, 5.41) is 0. The Labute approximate surface area is 74.8 Å². The van der Waals surface area contributed by atoms with E-state index >= 15 is 0 Å². The second-order valence-electron chi connectivity index (χ2n) is 2.94. The second kappa shape index (κ2) is 2.29. The Balaban J connectivity index is 2.52. The smallest absolute Gasteiger partial charge is 0.176 e. The maximum Gasteiger partial charge on any atom is 0.176 e. The van der Waals surface area contributed by atoms with Crippen LogP contribution in [0.25, 0.3) is 22.6 Å². The Kier molecular flexibility index (Phi) is 1.16. The number of aromatic nitrogens is 3. The van der Waals surface area contributed by atoms with Crippen molar-refractivity contribution in [1.82, 2.24) is 15.0 Å². The number of para-hydroxylation sites is 2. The first-order valence-electron chi connectivity index (χ1n) is 4.13. The molecule has 1 aromatic carbocycles. The van der Waals surface area contributed by atoms with Gasteiger partial charge in [-0.25, -0.2) is 9.97 Å². The number of nitrogens with zero attached hydrogens (tertiary/aromatic N) is 2. The van der Waals surface area contributed by atoms with Crippen LogP contribution in [0.3, 0.4) is 0 Å². The summed E-state index contributed by atoms with van der Waals surface area (Å²) in [6, 6.07) is 9.87. The van der Waals surface area contributed by atoms with Gasteiger partial charge < -0.3 is 4.98 Å². The summed E-state index contributed by atoms with van der Waals surface area (Å²) in [5.74, 6) is 0.777. The van der Waals surface area contributed by atoms with Gasteiger partial charge in [0.1, 0.15) is 0 Å². The van der Waals surface area contributed by atoms with Crippen molar-refractivity contribution < 1.29 is 0 Å². The number of nitrogens with one attached hydrogen (secondary N) is 1. The van der Waals surface area contributed by atoms with Crippen molar-refractivity contribution in [2.75, 3.05) is 0 Å². The summed E-state index contributed by atoms with van der Waals surface area (Å²) in [6.45, 7) is 0. The van der Waals surface area contributed by atoms with Gasteiger partial charge >= 0.3 is 0 Å². The van der Waals surface area contributed by atoms with Crippen LogP contribution in [-0.2, 0) is 0 Å². The first-order chi connectivity index (χ1) is 6.43. The average molecular weight is 169 g/mol. The Morgan fingerprint density at radius 2 is 2.00 bits per heavy atom. The molecule has 2 heterocycles. The average Bonchev–Trinajstić information content (AvgIpc) is 2.61. The predicted molar refractivity (Wildman–Crippen MR) is 50.5 cm³/mol. The maximum atomic E-state index is 4.40. The van der Waals surface area contributed by atoms with E-state index in [9.17, 15) is 0 Å². The van der Waals surface area contributed by atoms with Crippen molar-refractivity contribution in [2.24, 2.45) is 0 Å². The summed E-state index contributed by atoms with van der Waals surface area (Å²) in [6.07, 6.45) is 1.76. The highest BCUT2D eigenvalue weighted by Gasteiger charge is 2.05. The number of hydrogen-bond donors (Lipinski definition) is 1. The molecule has 0 bridgehead atoms. The van der Waals surface area contributed by atoms with Gasteiger partial charge in [0.2, 0.25) is 0 Å². The molecule has 13 heavy (non-hydrogen) atoms. The molecule has 0 saturated carbocycles. The van der Waals surface area contributed by atoms with E-state index in [1.54, 1.807) is 6.20 Å². The minimum Gasteiger partial charge on any atom is -0.351 e. The first-order valence-corrected chi connectivity index (χ1v) is 4.13. The van der Waals surface area contributed by atoms with E-state index in [1.165, 1.54) is 0 Å². The van der Waals surface area contributed by atoms with Crippen molar-refractivity contribution in [1.29, 1.82) is 0 Å². The third-order valence-electron chi connectivity index (χ3n) is 2.08. The summed E-state index contributed by atoms with van der Waals surface area (Å²) in [4.78, 5) is 11.8. The third kappa shape index (κ3) is 0.902. The molecule has 0 saturated heterocycles. The molecule has 0 radical (unpaired) electrons. The number of benzene rings is 1. The van der Waals surface area contributed by atoms with Gasteiger partial charge in [0.15, 0.2) is 5.82 Å². The Morgan fingerprint density at radius 3 is 3.00 bits per heavy atom. The molecular weight excluding hydrogens is 162 g/mol. The van der Waals surface area contributed by atoms with Gasteiger partial charge in [0.25, 0.3) is 0 Å². The lowest BCUT2D eigenvalue weighted by molar-refractivity contribution is 1.22. The monoisotopic (exact) mass is 169 g/mol. The van der Waals surface area contributed by atoms with Crippen molar-refractivity contribution >= 4 is 11.0 Å². The van der Waals surface area contributed by atoms with Gasteiger partial charge in [0.05, 0.1) is 16.7 Å². The molecule has 3 nitrogen and oxygen atoms in total. The van der Waals surface area contributed by atoms with Crippen LogP contribution >= 0.6 is 0 Å². The fourth-order valence-corrected chi connectivity index (χ4v) is 1.45. The molecule has 62 valence electrons. The molecule has 2 aliphatic rings. The van der Waals surface area contributed by atoms with Crippen LogP contribution in [0.4, 0.5) is 0 Å². The van der Waals surface area contributed by atoms with E-state index in [1.807, 2.05) is 30.3 Å². The van der Waals surface area contributed by atoms with Gasteiger partial charge in [-0.2, -0.15) is 0 Å². The molecule has 0 aromatic heterocycles. The van der Waals surface area contributed by atoms with Gasteiger partial charge in [0, 0.05) is 6.20 Å². The Morgan fingerprint density at radius 1 is 1.08 bits per heavy atom. The molecule has 0 amide bonds. The molecule has 1 N–H and O–H groups in total. The SMILES string of the molecule is c1ccc2[nH]c3ccnc-3nc2c1. The van der Waals surface area contributed by atoms with Crippen LogP contribution in [0.2, 0.25) is 0 Å². The Bertz CT molecular complexity index is 480. The summed E-state index contributed by atoms with van der Waals surface area (Å²) >= 11 is 0. The standard InChI is InChI=1S/C10H7N3/c1-2-4-8-7(3-1)12-9-5-6-11-10(9)13-8/h1-6,12H. The number of aromatic amines is 1. The van der Waals surface area contributed by atoms with Gasteiger partial charge in [-0.05, 0) is 18.2 Å². The van der Waals surface area contributed by atoms with E-state index in [2.05, 4.69) is 15.0 Å². The third-order valence-corrected chi connectivity index (χ3v) is 2.08. The largest absolute Gasteiger partial charge is 0.351 e. The molecule has 3 rings (SSSR count). The van der Waals surface area contributed by atoms with E-state index < -0.39 is 0 Å². The van der Waals surface area contributed by atoms with Crippen LogP contribution in [0.15, 0.2) is 36.5 Å². The van der Waals surface area contributed by atoms with E-state index in [-0.39, 0.29) is 0 Å². The lowest BCUT2D eigenvalue weighted by Gasteiger charge is -2.00. The van der Waals surface area contributed by atoms with E-state index in [0.29, 0.717) is 0 Å². The van der Waals surface area contributed by atoms with Crippen molar-refractivity contribution in [3.8, 4) is 11.5 Å². The highest BCUT2D eigenvalue weighted by atomic mass is 14.9. The normalized spacial score (nSPS) is 11.1. The highest BCUT2D eigenvalue weighted by molar-refractivity contribution is 5.78. The quantitative estimate of drug-likeness (QED) is 0.559. The number of rotatable bonds is 0. The van der Waals surface area contributed by atoms with Crippen LogP contribution in [0, 0.1) is 0 Å². The fourth-order valence-electron chi connectivity index (χ4n) is 1.45. The summed E-state index contributed by atoms with van der Waals surface area (Å²) in [7, 11) is 0. The zero-order valence-corrected chi connectivity index (χ0v) is 6.86. The lowest BCUT2D eigenvalue weighted by atomic mass is 10.3. The van der Waals surface area contributed by atoms with Gasteiger partial charge in [-0.3, -0.25) is 0 Å². The summed E-state index contributed by atoms with van der Waals surface area (Å²) in [5.41, 5.74) is 2.98. The van der Waals surface area contributed by atoms with Crippen LogP contribution in [-0.4, -0.2) is 15.0 Å². The fraction of sp³-hybridized carbons (Fsp3) is 0. The highest BCUT2D eigenvalue weighted by Crippen LogP contribution is 2.18. The molecule has 3 heteroatoms. The molecule has 0 unspecified atom stereocenters. The second-order valence-corrected chi connectivity index (χ2v) is 2.94. The predicted octanol–water partition coefficient (Wildman–Crippen LogP) is 2.06.